The van der Waals surface area contributed by atoms with E-state index in [1.54, 1.807) is 30.3 Å². The van der Waals surface area contributed by atoms with E-state index in [9.17, 15) is 14.4 Å². The molecule has 1 aromatic carbocycles. The Balaban J connectivity index is 2.08. The fraction of sp³-hybridized carbons (Fsp3) is 0.522. The minimum absolute atomic E-state index is 0.0486. The Morgan fingerprint density at radius 2 is 1.97 bits per heavy atom. The lowest BCUT2D eigenvalue weighted by atomic mass is 9.88. The first-order valence-corrected chi connectivity index (χ1v) is 10.5. The van der Waals surface area contributed by atoms with Crippen LogP contribution in [0.25, 0.3) is 0 Å². The number of amides is 3. The number of rotatable bonds is 9. The molecule has 1 aromatic rings. The van der Waals surface area contributed by atoms with E-state index in [1.165, 1.54) is 7.11 Å². The summed E-state index contributed by atoms with van der Waals surface area (Å²) in [4.78, 5) is 39.8. The van der Waals surface area contributed by atoms with E-state index in [0.29, 0.717) is 56.1 Å². The molecule has 1 saturated heterocycles. The van der Waals surface area contributed by atoms with E-state index in [-0.39, 0.29) is 23.6 Å². The van der Waals surface area contributed by atoms with Crippen LogP contribution < -0.4 is 15.4 Å². The van der Waals surface area contributed by atoms with Gasteiger partial charge in [0.2, 0.25) is 11.8 Å². The van der Waals surface area contributed by atoms with Gasteiger partial charge < -0.3 is 20.3 Å². The molecule has 0 spiro atoms. The van der Waals surface area contributed by atoms with E-state index in [0.717, 1.165) is 0 Å². The molecule has 2 rings (SSSR count). The van der Waals surface area contributed by atoms with Gasteiger partial charge in [0, 0.05) is 31.6 Å². The van der Waals surface area contributed by atoms with Crippen molar-refractivity contribution >= 4 is 17.7 Å². The number of carbonyl (C=O) groups is 3. The Morgan fingerprint density at radius 1 is 1.27 bits per heavy atom. The highest BCUT2D eigenvalue weighted by atomic mass is 16.5. The Hall–Kier alpha value is -2.83. The maximum Gasteiger partial charge on any atom is 0.252 e. The van der Waals surface area contributed by atoms with Gasteiger partial charge in [0.25, 0.3) is 5.91 Å². The molecule has 1 heterocycles. The van der Waals surface area contributed by atoms with Crippen LogP contribution in [0.15, 0.2) is 36.9 Å². The minimum Gasteiger partial charge on any atom is -0.497 e. The van der Waals surface area contributed by atoms with E-state index < -0.39 is 6.04 Å². The molecule has 164 valence electrons. The third kappa shape index (κ3) is 6.61. The Labute approximate surface area is 178 Å². The van der Waals surface area contributed by atoms with Gasteiger partial charge in [-0.25, -0.2) is 0 Å². The van der Waals surface area contributed by atoms with Crippen LogP contribution in [0.2, 0.25) is 0 Å². The quantitative estimate of drug-likeness (QED) is 0.606. The standard InChI is InChI=1S/C23H33N3O4/c1-5-11-24-23(29)21(25-22(28)18-7-6-8-19(15-18)30-4)17-9-12-26(13-10-17)20(27)14-16(2)3/h5-8,15-17,21H,1,9-14H2,2-4H3,(H,24,29)(H,25,28)/t21-/m0/s1. The van der Waals surface area contributed by atoms with Gasteiger partial charge in [-0.2, -0.15) is 0 Å². The van der Waals surface area contributed by atoms with E-state index >= 15 is 0 Å². The number of hydrogen-bond acceptors (Lipinski definition) is 4. The minimum atomic E-state index is -0.675. The number of nitrogens with zero attached hydrogens (tertiary/aromatic N) is 1. The van der Waals surface area contributed by atoms with Crippen molar-refractivity contribution in [1.82, 2.24) is 15.5 Å². The average Bonchev–Trinajstić information content (AvgIpc) is 2.75. The summed E-state index contributed by atoms with van der Waals surface area (Å²) in [5, 5.41) is 5.69. The summed E-state index contributed by atoms with van der Waals surface area (Å²) in [5.41, 5.74) is 0.431. The molecule has 3 amide bonds. The van der Waals surface area contributed by atoms with E-state index in [4.69, 9.17) is 4.74 Å². The summed E-state index contributed by atoms with van der Waals surface area (Å²) in [6.07, 6.45) is 3.45. The predicted molar refractivity (Wildman–Crippen MR) is 116 cm³/mol. The van der Waals surface area contributed by atoms with E-state index in [2.05, 4.69) is 17.2 Å². The predicted octanol–water partition coefficient (Wildman–Crippen LogP) is 2.38. The average molecular weight is 416 g/mol. The summed E-state index contributed by atoms with van der Waals surface area (Å²) in [5.74, 6) is 0.426. The zero-order valence-corrected chi connectivity index (χ0v) is 18.1. The molecule has 0 saturated carbocycles. The summed E-state index contributed by atoms with van der Waals surface area (Å²) >= 11 is 0. The zero-order valence-electron chi connectivity index (χ0n) is 18.1. The Kier molecular flexibility index (Phi) is 8.89. The number of carbonyl (C=O) groups excluding carboxylic acids is 3. The number of methoxy groups -OCH3 is 1. The van der Waals surface area contributed by atoms with Crippen molar-refractivity contribution in [3.8, 4) is 5.75 Å². The molecule has 7 heteroatoms. The number of benzene rings is 1. The first-order chi connectivity index (χ1) is 14.3. The van der Waals surface area contributed by atoms with Crippen molar-refractivity contribution in [3.05, 3.63) is 42.5 Å². The number of ether oxygens (including phenoxy) is 1. The molecule has 0 radical (unpaired) electrons. The monoisotopic (exact) mass is 415 g/mol. The van der Waals surface area contributed by atoms with Crippen molar-refractivity contribution < 1.29 is 19.1 Å². The lowest BCUT2D eigenvalue weighted by Crippen LogP contribution is -2.53. The van der Waals surface area contributed by atoms with Crippen LogP contribution in [0.4, 0.5) is 0 Å². The number of hydrogen-bond donors (Lipinski definition) is 2. The maximum absolute atomic E-state index is 12.8. The van der Waals surface area contributed by atoms with Gasteiger partial charge in [0.15, 0.2) is 0 Å². The highest BCUT2D eigenvalue weighted by Gasteiger charge is 2.33. The SMILES string of the molecule is C=CCNC(=O)[C@@H](NC(=O)c1cccc(OC)c1)C1CCN(C(=O)CC(C)C)CC1. The molecule has 0 aromatic heterocycles. The Morgan fingerprint density at radius 3 is 2.57 bits per heavy atom. The number of nitrogens with one attached hydrogen (secondary N) is 2. The molecular weight excluding hydrogens is 382 g/mol. The smallest absolute Gasteiger partial charge is 0.252 e. The van der Waals surface area contributed by atoms with Crippen LogP contribution in [0, 0.1) is 11.8 Å². The van der Waals surface area contributed by atoms with Crippen LogP contribution in [0.3, 0.4) is 0 Å². The third-order valence-corrected chi connectivity index (χ3v) is 5.27. The molecule has 1 atom stereocenters. The van der Waals surface area contributed by atoms with Gasteiger partial charge in [-0.3, -0.25) is 14.4 Å². The second-order valence-electron chi connectivity index (χ2n) is 8.03. The fourth-order valence-electron chi connectivity index (χ4n) is 3.63. The topological polar surface area (TPSA) is 87.7 Å². The summed E-state index contributed by atoms with van der Waals surface area (Å²) in [7, 11) is 1.54. The first-order valence-electron chi connectivity index (χ1n) is 10.5. The fourth-order valence-corrected chi connectivity index (χ4v) is 3.63. The van der Waals surface area contributed by atoms with Gasteiger partial charge in [-0.1, -0.05) is 26.0 Å². The van der Waals surface area contributed by atoms with Crippen molar-refractivity contribution in [3.63, 3.8) is 0 Å². The molecule has 0 bridgehead atoms. The van der Waals surface area contributed by atoms with Gasteiger partial charge in [-0.15, -0.1) is 6.58 Å². The highest BCUT2D eigenvalue weighted by Crippen LogP contribution is 2.23. The van der Waals surface area contributed by atoms with Gasteiger partial charge in [-0.05, 0) is 42.9 Å². The van der Waals surface area contributed by atoms with Gasteiger partial charge >= 0.3 is 0 Å². The Bertz CT molecular complexity index is 755. The van der Waals surface area contributed by atoms with Crippen molar-refractivity contribution in [2.24, 2.45) is 11.8 Å². The lowest BCUT2D eigenvalue weighted by Gasteiger charge is -2.36. The van der Waals surface area contributed by atoms with Crippen LogP contribution in [0.1, 0.15) is 43.5 Å². The molecule has 2 N–H and O–H groups in total. The summed E-state index contributed by atoms with van der Waals surface area (Å²) < 4.78 is 5.18. The largest absolute Gasteiger partial charge is 0.497 e. The van der Waals surface area contributed by atoms with Crippen molar-refractivity contribution in [2.75, 3.05) is 26.7 Å². The van der Waals surface area contributed by atoms with Gasteiger partial charge in [0.1, 0.15) is 11.8 Å². The molecule has 0 unspecified atom stereocenters. The first kappa shape index (κ1) is 23.4. The van der Waals surface area contributed by atoms with Gasteiger partial charge in [0.05, 0.1) is 7.11 Å². The highest BCUT2D eigenvalue weighted by molar-refractivity contribution is 5.98. The van der Waals surface area contributed by atoms with Crippen LogP contribution >= 0.6 is 0 Å². The van der Waals surface area contributed by atoms with Crippen LogP contribution in [-0.2, 0) is 9.59 Å². The summed E-state index contributed by atoms with van der Waals surface area (Å²) in [6.45, 7) is 9.19. The number of likely N-dealkylation sites (tertiary alicyclic amines) is 1. The second-order valence-corrected chi connectivity index (χ2v) is 8.03. The number of piperidine rings is 1. The maximum atomic E-state index is 12.8. The molecule has 1 aliphatic heterocycles. The zero-order chi connectivity index (χ0) is 22.1. The molecule has 30 heavy (non-hydrogen) atoms. The molecular formula is C23H33N3O4. The van der Waals surface area contributed by atoms with Crippen LogP contribution in [-0.4, -0.2) is 55.4 Å². The molecule has 0 aliphatic carbocycles. The lowest BCUT2D eigenvalue weighted by molar-refractivity contribution is -0.133. The normalized spacial score (nSPS) is 15.4. The van der Waals surface area contributed by atoms with Crippen molar-refractivity contribution in [2.45, 2.75) is 39.2 Å². The molecule has 1 fully saturated rings. The second kappa shape index (κ2) is 11.4. The van der Waals surface area contributed by atoms with E-state index in [1.807, 2.05) is 18.7 Å². The molecule has 7 nitrogen and oxygen atoms in total. The third-order valence-electron chi connectivity index (χ3n) is 5.27. The summed E-state index contributed by atoms with van der Waals surface area (Å²) in [6, 6.07) is 6.14. The van der Waals surface area contributed by atoms with Crippen molar-refractivity contribution in [1.29, 1.82) is 0 Å². The van der Waals surface area contributed by atoms with Crippen LogP contribution in [0.5, 0.6) is 5.75 Å². The molecule has 1 aliphatic rings.